The number of rotatable bonds is 3. The normalized spacial score (nSPS) is 12.7. The molecule has 2 N–H and O–H groups in total. The van der Waals surface area contributed by atoms with Gasteiger partial charge in [-0.05, 0) is 42.8 Å². The first kappa shape index (κ1) is 13.3. The highest BCUT2D eigenvalue weighted by Crippen LogP contribution is 2.24. The molecule has 3 nitrogen and oxygen atoms in total. The third-order valence-corrected chi connectivity index (χ3v) is 5.63. The van der Waals surface area contributed by atoms with Crippen molar-refractivity contribution >= 4 is 38.0 Å². The van der Waals surface area contributed by atoms with E-state index in [1.165, 1.54) is 0 Å². The maximum Gasteiger partial charge on any atom is 0.107 e. The van der Waals surface area contributed by atoms with Gasteiger partial charge in [0.25, 0.3) is 0 Å². The Morgan fingerprint density at radius 3 is 2.80 bits per heavy atom. The van der Waals surface area contributed by atoms with Gasteiger partial charge in [-0.15, -0.1) is 11.3 Å². The van der Waals surface area contributed by atoms with Crippen LogP contribution in [-0.2, 0) is 16.6 Å². The van der Waals surface area contributed by atoms with Gasteiger partial charge in [-0.1, -0.05) is 12.1 Å². The lowest BCUT2D eigenvalue weighted by molar-refractivity contribution is 0.682. The van der Waals surface area contributed by atoms with Crippen LogP contribution in [0, 0.1) is 6.92 Å². The molecule has 0 amide bonds. The number of hydrogen-bond donors (Lipinski definition) is 1. The fourth-order valence-corrected chi connectivity index (χ4v) is 4.27. The number of aromatic nitrogens is 1. The van der Waals surface area contributed by atoms with Gasteiger partial charge < -0.3 is 5.73 Å². The molecule has 0 radical (unpaired) electrons. The maximum absolute atomic E-state index is 12.4. The molecule has 0 aliphatic heterocycles. The van der Waals surface area contributed by atoms with Crippen LogP contribution in [0.1, 0.15) is 10.6 Å². The summed E-state index contributed by atoms with van der Waals surface area (Å²) in [4.78, 5) is 5.32. The van der Waals surface area contributed by atoms with Gasteiger partial charge in [-0.25, -0.2) is 4.98 Å². The van der Waals surface area contributed by atoms with Crippen molar-refractivity contribution < 1.29 is 4.21 Å². The molecule has 5 heteroatoms. The Morgan fingerprint density at radius 2 is 2.05 bits per heavy atom. The molecule has 1 atom stereocenters. The lowest BCUT2D eigenvalue weighted by Gasteiger charge is -2.04. The first-order valence-electron chi connectivity index (χ1n) is 6.22. The largest absolute Gasteiger partial charge is 0.399 e. The van der Waals surface area contributed by atoms with Crippen molar-refractivity contribution in [3.8, 4) is 0 Å². The van der Waals surface area contributed by atoms with E-state index in [1.54, 1.807) is 17.4 Å². The minimum Gasteiger partial charge on any atom is -0.399 e. The van der Waals surface area contributed by atoms with Crippen LogP contribution in [0.5, 0.6) is 0 Å². The highest BCUT2D eigenvalue weighted by molar-refractivity contribution is 7.84. The standard InChI is InChI=1S/C15H14N2OS2/c1-10-8-11(6-7-12(10)16)20(18)9-15-17-13-4-2-3-5-14(13)19-15/h2-8H,9,16H2,1H3. The number of nitrogens with two attached hydrogens (primary N) is 1. The summed E-state index contributed by atoms with van der Waals surface area (Å²) in [6, 6.07) is 13.5. The number of fused-ring (bicyclic) bond motifs is 1. The quantitative estimate of drug-likeness (QED) is 0.753. The van der Waals surface area contributed by atoms with Gasteiger partial charge in [0.05, 0.1) is 26.8 Å². The topological polar surface area (TPSA) is 56.0 Å². The monoisotopic (exact) mass is 302 g/mol. The molecular weight excluding hydrogens is 288 g/mol. The minimum atomic E-state index is -1.09. The van der Waals surface area contributed by atoms with Crippen molar-refractivity contribution in [3.05, 3.63) is 53.0 Å². The highest BCUT2D eigenvalue weighted by Gasteiger charge is 2.10. The fourth-order valence-electron chi connectivity index (χ4n) is 1.97. The average Bonchev–Trinajstić information content (AvgIpc) is 2.83. The molecule has 0 spiro atoms. The van der Waals surface area contributed by atoms with Crippen molar-refractivity contribution in [1.82, 2.24) is 4.98 Å². The summed E-state index contributed by atoms with van der Waals surface area (Å²) < 4.78 is 13.5. The van der Waals surface area contributed by atoms with Gasteiger partial charge in [0.1, 0.15) is 5.01 Å². The third-order valence-electron chi connectivity index (χ3n) is 3.10. The van der Waals surface area contributed by atoms with E-state index in [1.807, 2.05) is 43.3 Å². The molecule has 102 valence electrons. The van der Waals surface area contributed by atoms with E-state index in [4.69, 9.17) is 5.73 Å². The average molecular weight is 302 g/mol. The predicted octanol–water partition coefficient (Wildman–Crippen LogP) is 3.49. The number of nitrogen functional groups attached to an aromatic ring is 1. The van der Waals surface area contributed by atoms with Crippen molar-refractivity contribution in [3.63, 3.8) is 0 Å². The number of nitrogens with zero attached hydrogens (tertiary/aromatic N) is 1. The zero-order valence-corrected chi connectivity index (χ0v) is 12.6. The van der Waals surface area contributed by atoms with E-state index < -0.39 is 10.8 Å². The van der Waals surface area contributed by atoms with Crippen LogP contribution in [0.2, 0.25) is 0 Å². The van der Waals surface area contributed by atoms with Gasteiger partial charge in [0.15, 0.2) is 0 Å². The van der Waals surface area contributed by atoms with Crippen LogP contribution in [0.4, 0.5) is 5.69 Å². The molecule has 0 aliphatic rings. The Balaban J connectivity index is 1.86. The number of hydrogen-bond acceptors (Lipinski definition) is 4. The molecule has 1 aromatic heterocycles. The second-order valence-electron chi connectivity index (χ2n) is 4.58. The van der Waals surface area contributed by atoms with Gasteiger partial charge in [-0.2, -0.15) is 0 Å². The molecule has 1 heterocycles. The molecule has 0 bridgehead atoms. The number of benzene rings is 2. The number of anilines is 1. The molecule has 0 saturated heterocycles. The molecule has 20 heavy (non-hydrogen) atoms. The Hall–Kier alpha value is -1.72. The van der Waals surface area contributed by atoms with E-state index in [2.05, 4.69) is 4.98 Å². The summed E-state index contributed by atoms with van der Waals surface area (Å²) in [6.45, 7) is 1.92. The van der Waals surface area contributed by atoms with Crippen LogP contribution in [0.25, 0.3) is 10.2 Å². The second-order valence-corrected chi connectivity index (χ2v) is 7.15. The van der Waals surface area contributed by atoms with E-state index in [0.717, 1.165) is 31.4 Å². The van der Waals surface area contributed by atoms with Gasteiger partial charge in [-0.3, -0.25) is 4.21 Å². The summed E-state index contributed by atoms with van der Waals surface area (Å²) in [7, 11) is -1.09. The van der Waals surface area contributed by atoms with Crippen molar-refractivity contribution in [2.75, 3.05) is 5.73 Å². The number of aryl methyl sites for hydroxylation is 1. The lowest BCUT2D eigenvalue weighted by Crippen LogP contribution is -1.98. The van der Waals surface area contributed by atoms with Crippen molar-refractivity contribution in [2.24, 2.45) is 0 Å². The summed E-state index contributed by atoms with van der Waals surface area (Å²) in [5.74, 6) is 0.447. The van der Waals surface area contributed by atoms with Crippen LogP contribution >= 0.6 is 11.3 Å². The summed E-state index contributed by atoms with van der Waals surface area (Å²) >= 11 is 1.60. The van der Waals surface area contributed by atoms with Crippen LogP contribution < -0.4 is 5.73 Å². The lowest BCUT2D eigenvalue weighted by atomic mass is 10.2. The van der Waals surface area contributed by atoms with E-state index in [0.29, 0.717) is 5.75 Å². The Morgan fingerprint density at radius 1 is 1.25 bits per heavy atom. The molecule has 3 rings (SSSR count). The van der Waals surface area contributed by atoms with E-state index >= 15 is 0 Å². The second kappa shape index (κ2) is 5.34. The van der Waals surface area contributed by atoms with Gasteiger partial charge >= 0.3 is 0 Å². The van der Waals surface area contributed by atoms with Crippen molar-refractivity contribution in [2.45, 2.75) is 17.6 Å². The van der Waals surface area contributed by atoms with Crippen molar-refractivity contribution in [1.29, 1.82) is 0 Å². The third kappa shape index (κ3) is 2.59. The zero-order valence-electron chi connectivity index (χ0n) is 11.0. The first-order valence-corrected chi connectivity index (χ1v) is 8.36. The fraction of sp³-hybridized carbons (Fsp3) is 0.133. The van der Waals surface area contributed by atoms with Crippen LogP contribution in [0.3, 0.4) is 0 Å². The molecule has 3 aromatic rings. The highest BCUT2D eigenvalue weighted by atomic mass is 32.2. The summed E-state index contributed by atoms with van der Waals surface area (Å²) in [6.07, 6.45) is 0. The van der Waals surface area contributed by atoms with E-state index in [9.17, 15) is 4.21 Å². The molecule has 0 fully saturated rings. The molecule has 0 saturated carbocycles. The maximum atomic E-state index is 12.4. The Labute approximate surface area is 123 Å². The van der Waals surface area contributed by atoms with Gasteiger partial charge in [0.2, 0.25) is 0 Å². The molecular formula is C15H14N2OS2. The van der Waals surface area contributed by atoms with Gasteiger partial charge in [0, 0.05) is 10.6 Å². The number of thiazole rings is 1. The molecule has 1 unspecified atom stereocenters. The molecule has 2 aromatic carbocycles. The van der Waals surface area contributed by atoms with Crippen LogP contribution in [-0.4, -0.2) is 9.19 Å². The smallest absolute Gasteiger partial charge is 0.107 e. The minimum absolute atomic E-state index is 0.447. The number of para-hydroxylation sites is 1. The predicted molar refractivity (Wildman–Crippen MR) is 85.3 cm³/mol. The summed E-state index contributed by atoms with van der Waals surface area (Å²) in [5, 5.41) is 0.902. The first-order chi connectivity index (χ1) is 9.63. The SMILES string of the molecule is Cc1cc(S(=O)Cc2nc3ccccc3s2)ccc1N. The Kier molecular flexibility index (Phi) is 3.54. The molecule has 0 aliphatic carbocycles. The van der Waals surface area contributed by atoms with E-state index in [-0.39, 0.29) is 0 Å². The summed E-state index contributed by atoms with van der Waals surface area (Å²) in [5.41, 5.74) is 8.44. The Bertz CT molecular complexity index is 762. The van der Waals surface area contributed by atoms with Crippen LogP contribution in [0.15, 0.2) is 47.4 Å². The zero-order chi connectivity index (χ0) is 14.1.